The minimum absolute atomic E-state index is 0.239. The van der Waals surface area contributed by atoms with Gasteiger partial charge in [0.05, 0.1) is 11.8 Å². The molecule has 3 heterocycles. The molecular formula is C13H10N4O3S. The maximum Gasteiger partial charge on any atom is 0.336 e. The number of H-pyrrole nitrogens is 1. The third-order valence-electron chi connectivity index (χ3n) is 2.89. The van der Waals surface area contributed by atoms with Gasteiger partial charge in [-0.15, -0.1) is 11.3 Å². The Kier molecular flexibility index (Phi) is 3.15. The molecular weight excluding hydrogens is 292 g/mol. The van der Waals surface area contributed by atoms with Crippen molar-refractivity contribution in [3.05, 3.63) is 44.3 Å². The number of aromatic carboxylic acids is 1. The Balaban J connectivity index is 1.96. The van der Waals surface area contributed by atoms with E-state index in [2.05, 4.69) is 15.1 Å². The molecule has 3 aromatic heterocycles. The summed E-state index contributed by atoms with van der Waals surface area (Å²) in [6.07, 6.45) is 4.80. The molecule has 0 aromatic carbocycles. The Bertz CT molecular complexity index is 919. The second-order valence-corrected chi connectivity index (χ2v) is 5.28. The third-order valence-corrected chi connectivity index (χ3v) is 3.79. The Morgan fingerprint density at radius 3 is 3.00 bits per heavy atom. The molecule has 0 fully saturated rings. The fraction of sp³-hybridized carbons (Fsp3) is 0.0769. The molecule has 0 aliphatic heterocycles. The second kappa shape index (κ2) is 4.98. The van der Waals surface area contributed by atoms with E-state index in [1.165, 1.54) is 22.2 Å². The van der Waals surface area contributed by atoms with Crippen molar-refractivity contribution in [1.29, 1.82) is 0 Å². The highest BCUT2D eigenvalue weighted by Crippen LogP contribution is 2.17. The molecule has 21 heavy (non-hydrogen) atoms. The molecule has 2 N–H and O–H groups in total. The quantitative estimate of drug-likeness (QED) is 0.765. The van der Waals surface area contributed by atoms with Crippen LogP contribution in [0.4, 0.5) is 0 Å². The van der Waals surface area contributed by atoms with Crippen LogP contribution in [0.15, 0.2) is 22.4 Å². The lowest BCUT2D eigenvalue weighted by molar-refractivity contribution is 0.0697. The number of fused-ring (bicyclic) bond motifs is 1. The van der Waals surface area contributed by atoms with Crippen molar-refractivity contribution in [3.63, 3.8) is 0 Å². The summed E-state index contributed by atoms with van der Waals surface area (Å²) in [5.41, 5.74) is 0.476. The summed E-state index contributed by atoms with van der Waals surface area (Å²) in [4.78, 5) is 30.4. The van der Waals surface area contributed by atoms with Crippen molar-refractivity contribution in [2.45, 2.75) is 0 Å². The van der Waals surface area contributed by atoms with Crippen LogP contribution in [0, 0.1) is 0 Å². The molecule has 3 aromatic rings. The number of nitrogens with one attached hydrogen (secondary N) is 1. The molecule has 0 atom stereocenters. The average Bonchev–Trinajstić information content (AvgIpc) is 3.05. The normalized spacial score (nSPS) is 11.5. The smallest absolute Gasteiger partial charge is 0.336 e. The molecule has 106 valence electrons. The number of carboxylic acids is 1. The highest BCUT2D eigenvalue weighted by molar-refractivity contribution is 7.11. The summed E-state index contributed by atoms with van der Waals surface area (Å²) in [5.74, 6) is -0.574. The van der Waals surface area contributed by atoms with E-state index in [0.717, 1.165) is 4.88 Å². The molecule has 3 rings (SSSR count). The molecule has 0 radical (unpaired) electrons. The fourth-order valence-electron chi connectivity index (χ4n) is 1.84. The molecule has 0 aliphatic carbocycles. The van der Waals surface area contributed by atoms with Crippen LogP contribution >= 0.6 is 11.3 Å². The van der Waals surface area contributed by atoms with Gasteiger partial charge in [-0.3, -0.25) is 9.48 Å². The van der Waals surface area contributed by atoms with Crippen molar-refractivity contribution in [1.82, 2.24) is 19.7 Å². The maximum absolute atomic E-state index is 11.9. The maximum atomic E-state index is 11.9. The van der Waals surface area contributed by atoms with Gasteiger partial charge in [-0.1, -0.05) is 0 Å². The number of thiophene rings is 1. The lowest BCUT2D eigenvalue weighted by Crippen LogP contribution is -2.09. The molecule has 0 unspecified atom stereocenters. The van der Waals surface area contributed by atoms with Gasteiger partial charge in [0.25, 0.3) is 5.56 Å². The van der Waals surface area contributed by atoms with Gasteiger partial charge in [0.2, 0.25) is 0 Å². The van der Waals surface area contributed by atoms with Crippen LogP contribution in [0.2, 0.25) is 0 Å². The van der Waals surface area contributed by atoms with Gasteiger partial charge in [-0.2, -0.15) is 5.10 Å². The number of aryl methyl sites for hydroxylation is 1. The highest BCUT2D eigenvalue weighted by atomic mass is 32.1. The molecule has 0 bridgehead atoms. The van der Waals surface area contributed by atoms with Crippen molar-refractivity contribution in [2.75, 3.05) is 0 Å². The number of nitrogens with zero attached hydrogens (tertiary/aromatic N) is 3. The molecule has 0 saturated carbocycles. The lowest BCUT2D eigenvalue weighted by atomic mass is 10.3. The predicted octanol–water partition coefficient (Wildman–Crippen LogP) is 1.59. The van der Waals surface area contributed by atoms with Crippen LogP contribution < -0.4 is 5.56 Å². The summed E-state index contributed by atoms with van der Waals surface area (Å²) in [5, 5.41) is 14.8. The molecule has 8 heteroatoms. The van der Waals surface area contributed by atoms with Gasteiger partial charge in [-0.25, -0.2) is 9.78 Å². The Morgan fingerprint density at radius 1 is 1.48 bits per heavy atom. The van der Waals surface area contributed by atoms with Crippen molar-refractivity contribution in [3.8, 4) is 0 Å². The Morgan fingerprint density at radius 2 is 2.29 bits per heavy atom. The first-order chi connectivity index (χ1) is 10.0. The minimum Gasteiger partial charge on any atom is -0.478 e. The largest absolute Gasteiger partial charge is 0.478 e. The Hall–Kier alpha value is -2.74. The van der Waals surface area contributed by atoms with Crippen LogP contribution in [0.1, 0.15) is 21.1 Å². The Labute approximate surface area is 122 Å². The number of aromatic nitrogens is 4. The van der Waals surface area contributed by atoms with Gasteiger partial charge in [0.1, 0.15) is 11.2 Å². The zero-order chi connectivity index (χ0) is 15.0. The minimum atomic E-state index is -0.964. The van der Waals surface area contributed by atoms with E-state index in [1.54, 1.807) is 30.6 Å². The standard InChI is InChI=1S/C13H10N4O3S/c1-17-11-9(5-14-17)12(18)16-10(15-11)3-2-8-4-7(6-21-8)13(19)20/h2-6H,1H3,(H,19,20)(H,15,16,18)/b3-2+. The lowest BCUT2D eigenvalue weighted by Gasteiger charge is -1.96. The van der Waals surface area contributed by atoms with E-state index < -0.39 is 5.97 Å². The average molecular weight is 302 g/mol. The van der Waals surface area contributed by atoms with Gasteiger partial charge < -0.3 is 10.1 Å². The van der Waals surface area contributed by atoms with E-state index in [0.29, 0.717) is 16.9 Å². The SMILES string of the molecule is Cn1ncc2c(=O)[nH]c(/C=C/c3cc(C(=O)O)cs3)nc21. The molecule has 0 spiro atoms. The number of rotatable bonds is 3. The van der Waals surface area contributed by atoms with E-state index in [1.807, 2.05) is 0 Å². The van der Waals surface area contributed by atoms with E-state index in [4.69, 9.17) is 5.11 Å². The third kappa shape index (κ3) is 2.48. The van der Waals surface area contributed by atoms with Gasteiger partial charge in [-0.05, 0) is 18.2 Å². The van der Waals surface area contributed by atoms with Crippen LogP contribution in [-0.2, 0) is 7.05 Å². The predicted molar refractivity (Wildman–Crippen MR) is 79.3 cm³/mol. The van der Waals surface area contributed by atoms with Gasteiger partial charge in [0.15, 0.2) is 5.65 Å². The summed E-state index contributed by atoms with van der Waals surface area (Å²) >= 11 is 1.30. The summed E-state index contributed by atoms with van der Waals surface area (Å²) in [7, 11) is 1.71. The van der Waals surface area contributed by atoms with Crippen LogP contribution in [-0.4, -0.2) is 30.8 Å². The second-order valence-electron chi connectivity index (χ2n) is 4.33. The van der Waals surface area contributed by atoms with Crippen molar-refractivity contribution in [2.24, 2.45) is 7.05 Å². The fourth-order valence-corrected chi connectivity index (χ4v) is 2.62. The van der Waals surface area contributed by atoms with E-state index >= 15 is 0 Å². The highest BCUT2D eigenvalue weighted by Gasteiger charge is 2.07. The molecule has 0 amide bonds. The van der Waals surface area contributed by atoms with Crippen molar-refractivity contribution >= 4 is 40.5 Å². The molecule has 7 nitrogen and oxygen atoms in total. The van der Waals surface area contributed by atoms with E-state index in [-0.39, 0.29) is 11.1 Å². The van der Waals surface area contributed by atoms with Crippen LogP contribution in [0.25, 0.3) is 23.2 Å². The van der Waals surface area contributed by atoms with Crippen molar-refractivity contribution < 1.29 is 9.90 Å². The first-order valence-electron chi connectivity index (χ1n) is 5.96. The zero-order valence-electron chi connectivity index (χ0n) is 10.9. The van der Waals surface area contributed by atoms with Crippen LogP contribution in [0.5, 0.6) is 0 Å². The topological polar surface area (TPSA) is 101 Å². The first-order valence-corrected chi connectivity index (χ1v) is 6.84. The summed E-state index contributed by atoms with van der Waals surface area (Å²) < 4.78 is 1.52. The van der Waals surface area contributed by atoms with Gasteiger partial charge in [0, 0.05) is 17.3 Å². The van der Waals surface area contributed by atoms with Gasteiger partial charge >= 0.3 is 5.97 Å². The number of carboxylic acid groups (broad SMARTS) is 1. The monoisotopic (exact) mass is 302 g/mol. The summed E-state index contributed by atoms with van der Waals surface area (Å²) in [6.45, 7) is 0. The number of hydrogen-bond acceptors (Lipinski definition) is 5. The van der Waals surface area contributed by atoms with Crippen LogP contribution in [0.3, 0.4) is 0 Å². The zero-order valence-corrected chi connectivity index (χ0v) is 11.7. The number of carbonyl (C=O) groups is 1. The number of aromatic amines is 1. The molecule has 0 saturated heterocycles. The number of hydrogen-bond donors (Lipinski definition) is 2. The first kappa shape index (κ1) is 13.3. The summed E-state index contributed by atoms with van der Waals surface area (Å²) in [6, 6.07) is 1.56. The molecule has 0 aliphatic rings. The van der Waals surface area contributed by atoms with E-state index in [9.17, 15) is 9.59 Å².